The Morgan fingerprint density at radius 1 is 0.481 bits per heavy atom. The van der Waals surface area contributed by atoms with Gasteiger partial charge in [-0.05, 0) is 103 Å². The maximum absolute atomic E-state index is 13.0. The molecule has 0 aliphatic heterocycles. The molecule has 4 atom stereocenters. The van der Waals surface area contributed by atoms with Gasteiger partial charge < -0.3 is 24.9 Å². The normalized spacial score (nSPS) is 14.9. The van der Waals surface area contributed by atoms with Gasteiger partial charge >= 0.3 is 7.82 Å². The van der Waals surface area contributed by atoms with Gasteiger partial charge in [-0.25, -0.2) is 4.57 Å². The maximum Gasteiger partial charge on any atom is 0.472 e. The van der Waals surface area contributed by atoms with Gasteiger partial charge in [0.15, 0.2) is 0 Å². The van der Waals surface area contributed by atoms with Crippen LogP contribution in [0.1, 0.15) is 264 Å². The predicted octanol–water partition coefficient (Wildman–Crippen LogP) is 18.7. The number of phosphoric ester groups is 1. The number of rotatable bonds is 57. The van der Waals surface area contributed by atoms with Crippen molar-refractivity contribution in [3.63, 3.8) is 0 Å². The average Bonchev–Trinajstić information content (AvgIpc) is 3.39. The Morgan fingerprint density at radius 2 is 0.831 bits per heavy atom. The second kappa shape index (κ2) is 56.6. The summed E-state index contributed by atoms with van der Waals surface area (Å²) in [5, 5.41) is 24.8. The zero-order valence-corrected chi connectivity index (χ0v) is 51.4. The number of carbonyl (C=O) groups is 1. The Bertz CT molecular complexity index is 1590. The van der Waals surface area contributed by atoms with E-state index >= 15 is 0 Å². The predicted molar refractivity (Wildman–Crippen MR) is 333 cm³/mol. The Hall–Kier alpha value is -2.62. The highest BCUT2D eigenvalue weighted by Crippen LogP contribution is 2.43. The number of amides is 1. The number of nitrogens with zero attached hydrogens (tertiary/aromatic N) is 1. The van der Waals surface area contributed by atoms with Gasteiger partial charge in [-0.3, -0.25) is 13.8 Å². The molecule has 0 rings (SSSR count). The molecule has 0 radical (unpaired) electrons. The first-order valence-electron chi connectivity index (χ1n) is 31.7. The molecule has 0 aromatic rings. The molecule has 0 aliphatic carbocycles. The third-order valence-corrected chi connectivity index (χ3v) is 14.9. The molecular weight excluding hydrogens is 976 g/mol. The van der Waals surface area contributed by atoms with Gasteiger partial charge in [0.05, 0.1) is 39.9 Å². The Kier molecular flexibility index (Phi) is 54.7. The van der Waals surface area contributed by atoms with E-state index in [1.807, 2.05) is 28.1 Å². The molecule has 4 N–H and O–H groups in total. The van der Waals surface area contributed by atoms with Gasteiger partial charge in [0.2, 0.25) is 5.91 Å². The molecule has 0 saturated carbocycles. The number of carbonyl (C=O) groups excluding carboxylic acids is 1. The van der Waals surface area contributed by atoms with E-state index in [0.717, 1.165) is 83.5 Å². The van der Waals surface area contributed by atoms with Gasteiger partial charge in [-0.2, -0.15) is 0 Å². The summed E-state index contributed by atoms with van der Waals surface area (Å²) in [5.41, 5.74) is 0. The van der Waals surface area contributed by atoms with Crippen LogP contribution < -0.4 is 5.32 Å². The minimum absolute atomic E-state index is 0.0107. The van der Waals surface area contributed by atoms with Crippen LogP contribution in [0.15, 0.2) is 97.2 Å². The van der Waals surface area contributed by atoms with Crippen LogP contribution in [0.2, 0.25) is 0 Å². The van der Waals surface area contributed by atoms with Gasteiger partial charge in [0.1, 0.15) is 19.3 Å². The molecule has 0 spiro atoms. The third kappa shape index (κ3) is 57.9. The minimum Gasteiger partial charge on any atom is -0.390 e. The molecule has 0 saturated heterocycles. The van der Waals surface area contributed by atoms with Crippen molar-refractivity contribution < 1.29 is 38.0 Å². The molecule has 0 fully saturated rings. The van der Waals surface area contributed by atoms with Crippen LogP contribution >= 0.6 is 7.82 Å². The molecule has 9 nitrogen and oxygen atoms in total. The number of nitrogens with one attached hydrogen (secondary N) is 1. The van der Waals surface area contributed by atoms with E-state index in [4.69, 9.17) is 9.05 Å². The monoisotopic (exact) mass is 1100 g/mol. The summed E-state index contributed by atoms with van der Waals surface area (Å²) in [6.07, 6.45) is 78.5. The summed E-state index contributed by atoms with van der Waals surface area (Å²) >= 11 is 0. The molecular formula is C67H122N2O7P+. The quantitative estimate of drug-likeness (QED) is 0.0207. The van der Waals surface area contributed by atoms with Crippen LogP contribution in [0, 0.1) is 0 Å². The summed E-state index contributed by atoms with van der Waals surface area (Å²) in [6, 6.07) is -1.06. The Labute approximate surface area is 475 Å². The van der Waals surface area contributed by atoms with E-state index in [2.05, 4.69) is 109 Å². The number of likely N-dealkylation sites (N-methyl/N-ethyl adjacent to an activating group) is 1. The molecule has 10 heteroatoms. The summed E-state index contributed by atoms with van der Waals surface area (Å²) < 4.78 is 23.6. The van der Waals surface area contributed by atoms with Crippen molar-refractivity contribution >= 4 is 13.7 Å². The number of allylic oxidation sites excluding steroid dienone is 16. The van der Waals surface area contributed by atoms with E-state index in [9.17, 15) is 24.5 Å². The van der Waals surface area contributed by atoms with Crippen LogP contribution in [0.3, 0.4) is 0 Å². The lowest BCUT2D eigenvalue weighted by atomic mass is 10.0. The fourth-order valence-corrected chi connectivity index (χ4v) is 9.77. The van der Waals surface area contributed by atoms with Crippen molar-refractivity contribution in [2.75, 3.05) is 40.9 Å². The molecule has 4 unspecified atom stereocenters. The van der Waals surface area contributed by atoms with Crippen LogP contribution in [0.4, 0.5) is 0 Å². The summed E-state index contributed by atoms with van der Waals surface area (Å²) in [6.45, 7) is 4.25. The highest BCUT2D eigenvalue weighted by molar-refractivity contribution is 7.47. The van der Waals surface area contributed by atoms with E-state index in [1.54, 1.807) is 0 Å². The number of hydrogen-bond donors (Lipinski definition) is 4. The molecule has 1 amide bonds. The van der Waals surface area contributed by atoms with Crippen molar-refractivity contribution in [3.8, 4) is 0 Å². The fraction of sp³-hybridized carbons (Fsp3) is 0.746. The zero-order valence-electron chi connectivity index (χ0n) is 50.5. The number of quaternary nitrogens is 1. The summed E-state index contributed by atoms with van der Waals surface area (Å²) in [7, 11) is 1.40. The third-order valence-electron chi connectivity index (χ3n) is 14.0. The number of hydrogen-bond acceptors (Lipinski definition) is 6. The smallest absolute Gasteiger partial charge is 0.390 e. The fourth-order valence-electron chi connectivity index (χ4n) is 9.04. The number of phosphoric acid groups is 1. The lowest BCUT2D eigenvalue weighted by Gasteiger charge is -2.28. The van der Waals surface area contributed by atoms with Crippen LogP contribution in [0.25, 0.3) is 0 Å². The molecule has 0 aromatic carbocycles. The van der Waals surface area contributed by atoms with E-state index in [0.29, 0.717) is 23.9 Å². The highest BCUT2D eigenvalue weighted by atomic mass is 31.2. The molecule has 446 valence electrons. The van der Waals surface area contributed by atoms with Crippen LogP contribution in [-0.2, 0) is 18.4 Å². The lowest BCUT2D eigenvalue weighted by Crippen LogP contribution is -2.51. The second-order valence-corrected chi connectivity index (χ2v) is 24.0. The lowest BCUT2D eigenvalue weighted by molar-refractivity contribution is -0.870. The first-order chi connectivity index (χ1) is 37.4. The zero-order chi connectivity index (χ0) is 56.4. The number of aliphatic hydroxyl groups is 2. The van der Waals surface area contributed by atoms with Crippen molar-refractivity contribution in [3.05, 3.63) is 97.2 Å². The summed E-state index contributed by atoms with van der Waals surface area (Å²) in [4.78, 5) is 23.3. The van der Waals surface area contributed by atoms with Gasteiger partial charge in [-0.1, -0.05) is 252 Å². The van der Waals surface area contributed by atoms with Crippen molar-refractivity contribution in [1.82, 2.24) is 5.32 Å². The SMILES string of the molecule is C/C=C/CC/C=C/CC/C=C/CCCC(O)C(O)C(COP(=O)(O)OCC[N+](C)(C)C)NC(=O)CCCCCCCCCCCCCCCCCCCCCCCCCCC/C=C\C/C=C\C/C=C\C/C=C\C/C=C\CC. The minimum atomic E-state index is -4.44. The van der Waals surface area contributed by atoms with Gasteiger partial charge in [0.25, 0.3) is 0 Å². The first-order valence-corrected chi connectivity index (χ1v) is 33.1. The average molecular weight is 1100 g/mol. The standard InChI is InChI=1S/C67H121N2O7P/c1-6-8-10-12-14-16-18-20-21-22-23-24-25-26-27-28-29-30-31-32-33-34-35-36-37-38-39-40-41-42-43-44-45-46-47-48-50-52-54-56-58-60-66(71)68-64(63-76-77(73,74)75-62-61-69(3,4)5)67(72)65(70)59-57-55-53-51-49-19-17-15-13-11-9-7-2/h7-10,14-17,20-21,23-24,26-27,51,53,64-65,67,70,72H,6,11-13,18-19,22,25,28-50,52,54-63H2,1-5H3,(H-,68,71,73,74)/p+1/b9-7+,10-8-,16-14-,17-15+,21-20-,24-23-,27-26-,53-51+. The molecule has 0 aromatic heterocycles. The summed E-state index contributed by atoms with van der Waals surface area (Å²) in [5.74, 6) is -0.273. The van der Waals surface area contributed by atoms with Crippen molar-refractivity contribution in [1.29, 1.82) is 0 Å². The molecule has 0 aliphatic rings. The van der Waals surface area contributed by atoms with E-state index < -0.39 is 32.7 Å². The topological polar surface area (TPSA) is 125 Å². The van der Waals surface area contributed by atoms with E-state index in [1.165, 1.54) is 148 Å². The van der Waals surface area contributed by atoms with Gasteiger partial charge in [-0.15, -0.1) is 0 Å². The van der Waals surface area contributed by atoms with Crippen molar-refractivity contribution in [2.45, 2.75) is 283 Å². The molecule has 77 heavy (non-hydrogen) atoms. The van der Waals surface area contributed by atoms with Crippen LogP contribution in [-0.4, -0.2) is 84.6 Å². The Morgan fingerprint density at radius 3 is 1.25 bits per heavy atom. The highest BCUT2D eigenvalue weighted by Gasteiger charge is 2.32. The molecule has 0 bridgehead atoms. The Balaban J connectivity index is 3.94. The van der Waals surface area contributed by atoms with E-state index in [-0.39, 0.29) is 18.9 Å². The maximum atomic E-state index is 13.0. The second-order valence-electron chi connectivity index (χ2n) is 22.5. The number of aliphatic hydroxyl groups excluding tert-OH is 2. The molecule has 0 heterocycles. The number of unbranched alkanes of at least 4 members (excludes halogenated alkanes) is 28. The van der Waals surface area contributed by atoms with Crippen molar-refractivity contribution in [2.24, 2.45) is 0 Å². The van der Waals surface area contributed by atoms with Gasteiger partial charge in [0, 0.05) is 6.42 Å². The van der Waals surface area contributed by atoms with Crippen LogP contribution in [0.5, 0.6) is 0 Å². The largest absolute Gasteiger partial charge is 0.472 e. The first kappa shape index (κ1) is 74.4.